The SMILES string of the molecule is CC(NC(=O)C(CCC(N)=O)NC(=O)CN)C(=O)NC(CO)C(=O)O. The number of primary amides is 1. The average Bonchev–Trinajstić information content (AvgIpc) is 2.54. The first-order valence-electron chi connectivity index (χ1n) is 7.34. The number of aliphatic carboxylic acids is 1. The van der Waals surface area contributed by atoms with E-state index in [-0.39, 0.29) is 19.4 Å². The summed E-state index contributed by atoms with van der Waals surface area (Å²) < 4.78 is 0. The van der Waals surface area contributed by atoms with Crippen LogP contribution in [-0.4, -0.2) is 71.1 Å². The molecule has 3 unspecified atom stereocenters. The highest BCUT2D eigenvalue weighted by molar-refractivity contribution is 5.93. The zero-order valence-electron chi connectivity index (χ0n) is 13.7. The number of carbonyl (C=O) groups excluding carboxylic acids is 4. The van der Waals surface area contributed by atoms with Crippen molar-refractivity contribution in [3.05, 3.63) is 0 Å². The lowest BCUT2D eigenvalue weighted by Gasteiger charge is -2.21. The molecule has 0 fully saturated rings. The van der Waals surface area contributed by atoms with Crippen LogP contribution >= 0.6 is 0 Å². The van der Waals surface area contributed by atoms with E-state index >= 15 is 0 Å². The number of carboxylic acids is 1. The molecule has 12 nitrogen and oxygen atoms in total. The largest absolute Gasteiger partial charge is 0.480 e. The van der Waals surface area contributed by atoms with Crippen LogP contribution in [0.1, 0.15) is 19.8 Å². The maximum Gasteiger partial charge on any atom is 0.328 e. The number of nitrogens with two attached hydrogens (primary N) is 2. The zero-order valence-corrected chi connectivity index (χ0v) is 13.7. The highest BCUT2D eigenvalue weighted by Gasteiger charge is 2.26. The van der Waals surface area contributed by atoms with Crippen molar-refractivity contribution in [1.82, 2.24) is 16.0 Å². The molecule has 0 aliphatic heterocycles. The van der Waals surface area contributed by atoms with Gasteiger partial charge in [0.1, 0.15) is 18.1 Å². The van der Waals surface area contributed by atoms with E-state index < -0.39 is 54.3 Å². The van der Waals surface area contributed by atoms with Crippen LogP contribution in [0, 0.1) is 0 Å². The van der Waals surface area contributed by atoms with Gasteiger partial charge in [-0.25, -0.2) is 4.79 Å². The number of nitrogens with one attached hydrogen (secondary N) is 3. The molecule has 12 heteroatoms. The molecular weight excluding hydrogens is 338 g/mol. The van der Waals surface area contributed by atoms with E-state index in [1.54, 1.807) is 0 Å². The van der Waals surface area contributed by atoms with E-state index in [2.05, 4.69) is 10.6 Å². The fourth-order valence-corrected chi connectivity index (χ4v) is 1.67. The molecule has 0 heterocycles. The summed E-state index contributed by atoms with van der Waals surface area (Å²) in [5.74, 6) is -4.40. The quantitative estimate of drug-likeness (QED) is 0.191. The number of aliphatic hydroxyl groups is 1. The summed E-state index contributed by atoms with van der Waals surface area (Å²) in [6.45, 7) is 0.0716. The van der Waals surface area contributed by atoms with Crippen LogP contribution in [0.4, 0.5) is 0 Å². The average molecular weight is 361 g/mol. The standard InChI is InChI=1S/C13H23N5O7/c1-6(11(22)18-8(5-19)13(24)25)16-12(23)7(2-3-9(15)20)17-10(21)4-14/h6-8,19H,2-5,14H2,1H3,(H2,15,20)(H,16,23)(H,17,21)(H,18,22)(H,24,25). The zero-order chi connectivity index (χ0) is 19.6. The Hall–Kier alpha value is -2.73. The number of hydrogen-bond acceptors (Lipinski definition) is 7. The molecular formula is C13H23N5O7. The van der Waals surface area contributed by atoms with Crippen molar-refractivity contribution in [2.24, 2.45) is 11.5 Å². The second kappa shape index (κ2) is 10.9. The van der Waals surface area contributed by atoms with Crippen molar-refractivity contribution in [3.8, 4) is 0 Å². The Morgan fingerprint density at radius 1 is 1.00 bits per heavy atom. The number of rotatable bonds is 11. The van der Waals surface area contributed by atoms with Gasteiger partial charge in [-0.3, -0.25) is 19.2 Å². The van der Waals surface area contributed by atoms with Crippen LogP contribution in [0.2, 0.25) is 0 Å². The third-order valence-corrected chi connectivity index (χ3v) is 3.07. The highest BCUT2D eigenvalue weighted by atomic mass is 16.4. The lowest BCUT2D eigenvalue weighted by Crippen LogP contribution is -2.55. The van der Waals surface area contributed by atoms with Gasteiger partial charge in [0.2, 0.25) is 23.6 Å². The summed E-state index contributed by atoms with van der Waals surface area (Å²) in [5, 5.41) is 24.2. The fourth-order valence-electron chi connectivity index (χ4n) is 1.67. The molecule has 0 aromatic carbocycles. The summed E-state index contributed by atoms with van der Waals surface area (Å²) in [5.41, 5.74) is 10.1. The summed E-state index contributed by atoms with van der Waals surface area (Å²) in [6.07, 6.45) is -0.287. The Balaban J connectivity index is 4.83. The molecule has 0 saturated carbocycles. The maximum absolute atomic E-state index is 12.1. The lowest BCUT2D eigenvalue weighted by atomic mass is 10.1. The molecule has 0 aliphatic rings. The third-order valence-electron chi connectivity index (χ3n) is 3.07. The summed E-state index contributed by atoms with van der Waals surface area (Å²) >= 11 is 0. The van der Waals surface area contributed by atoms with Gasteiger partial charge in [-0.1, -0.05) is 0 Å². The monoisotopic (exact) mass is 361 g/mol. The molecule has 9 N–H and O–H groups in total. The minimum absolute atomic E-state index is 0.102. The van der Waals surface area contributed by atoms with Gasteiger partial charge in [0.05, 0.1) is 13.2 Å². The van der Waals surface area contributed by atoms with E-state index in [4.69, 9.17) is 21.7 Å². The fraction of sp³-hybridized carbons (Fsp3) is 0.615. The second-order valence-electron chi connectivity index (χ2n) is 5.14. The third kappa shape index (κ3) is 8.62. The van der Waals surface area contributed by atoms with Gasteiger partial charge in [0, 0.05) is 6.42 Å². The predicted molar refractivity (Wildman–Crippen MR) is 83.7 cm³/mol. The van der Waals surface area contributed by atoms with Crippen molar-refractivity contribution in [2.75, 3.05) is 13.2 Å². The molecule has 0 bridgehead atoms. The van der Waals surface area contributed by atoms with E-state index in [9.17, 15) is 24.0 Å². The molecule has 0 rings (SSSR count). The van der Waals surface area contributed by atoms with Crippen molar-refractivity contribution in [2.45, 2.75) is 37.9 Å². The number of carbonyl (C=O) groups is 5. The van der Waals surface area contributed by atoms with E-state index in [0.717, 1.165) is 0 Å². The number of amides is 4. The molecule has 0 saturated heterocycles. The topological polar surface area (TPSA) is 214 Å². The number of carboxylic acid groups (broad SMARTS) is 1. The molecule has 0 aromatic heterocycles. The first-order valence-corrected chi connectivity index (χ1v) is 7.34. The molecule has 0 spiro atoms. The van der Waals surface area contributed by atoms with Crippen LogP contribution in [0.5, 0.6) is 0 Å². The molecule has 0 aliphatic carbocycles. The van der Waals surface area contributed by atoms with Gasteiger partial charge in [-0.15, -0.1) is 0 Å². The second-order valence-corrected chi connectivity index (χ2v) is 5.14. The Kier molecular flexibility index (Phi) is 9.74. The Labute approximate surface area is 143 Å². The van der Waals surface area contributed by atoms with Crippen LogP contribution in [0.15, 0.2) is 0 Å². The van der Waals surface area contributed by atoms with Crippen molar-refractivity contribution >= 4 is 29.6 Å². The molecule has 0 aromatic rings. The Bertz CT molecular complexity index is 525. The number of hydrogen-bond donors (Lipinski definition) is 7. The minimum atomic E-state index is -1.52. The Morgan fingerprint density at radius 2 is 1.60 bits per heavy atom. The van der Waals surface area contributed by atoms with Gasteiger partial charge in [0.25, 0.3) is 0 Å². The molecule has 142 valence electrons. The van der Waals surface area contributed by atoms with Gasteiger partial charge >= 0.3 is 5.97 Å². The smallest absolute Gasteiger partial charge is 0.328 e. The lowest BCUT2D eigenvalue weighted by molar-refractivity contribution is -0.143. The van der Waals surface area contributed by atoms with Crippen LogP contribution < -0.4 is 27.4 Å². The first-order chi connectivity index (χ1) is 11.6. The van der Waals surface area contributed by atoms with E-state index in [1.165, 1.54) is 6.92 Å². The van der Waals surface area contributed by atoms with E-state index in [1.807, 2.05) is 5.32 Å². The normalized spacial score (nSPS) is 13.9. The van der Waals surface area contributed by atoms with Crippen LogP contribution in [-0.2, 0) is 24.0 Å². The highest BCUT2D eigenvalue weighted by Crippen LogP contribution is 1.99. The number of aliphatic hydroxyl groups excluding tert-OH is 1. The van der Waals surface area contributed by atoms with Crippen LogP contribution in [0.3, 0.4) is 0 Å². The predicted octanol–water partition coefficient (Wildman–Crippen LogP) is -4.24. The van der Waals surface area contributed by atoms with Gasteiger partial charge in [0.15, 0.2) is 0 Å². The summed E-state index contributed by atoms with van der Waals surface area (Å²) in [7, 11) is 0. The van der Waals surface area contributed by atoms with Gasteiger partial charge in [-0.05, 0) is 13.3 Å². The van der Waals surface area contributed by atoms with Crippen LogP contribution in [0.25, 0.3) is 0 Å². The molecule has 0 radical (unpaired) electrons. The molecule has 25 heavy (non-hydrogen) atoms. The Morgan fingerprint density at radius 3 is 2.04 bits per heavy atom. The minimum Gasteiger partial charge on any atom is -0.480 e. The molecule has 4 amide bonds. The van der Waals surface area contributed by atoms with Gasteiger partial charge < -0.3 is 37.6 Å². The van der Waals surface area contributed by atoms with E-state index in [0.29, 0.717) is 0 Å². The first kappa shape index (κ1) is 22.3. The maximum atomic E-state index is 12.1. The van der Waals surface area contributed by atoms with Gasteiger partial charge in [-0.2, -0.15) is 0 Å². The van der Waals surface area contributed by atoms with Crippen molar-refractivity contribution in [3.63, 3.8) is 0 Å². The molecule has 3 atom stereocenters. The summed E-state index contributed by atoms with van der Waals surface area (Å²) in [4.78, 5) is 56.9. The van der Waals surface area contributed by atoms with Crippen molar-refractivity contribution < 1.29 is 34.2 Å². The van der Waals surface area contributed by atoms with Crippen molar-refractivity contribution in [1.29, 1.82) is 0 Å². The summed E-state index contributed by atoms with van der Waals surface area (Å²) in [6, 6.07) is -3.83.